The summed E-state index contributed by atoms with van der Waals surface area (Å²) in [6, 6.07) is 16.8. The summed E-state index contributed by atoms with van der Waals surface area (Å²) in [5.74, 6) is -3.46. The van der Waals surface area contributed by atoms with Crippen LogP contribution in [0.4, 0.5) is 0 Å². The van der Waals surface area contributed by atoms with Crippen LogP contribution in [0.1, 0.15) is 30.5 Å². The third-order valence-corrected chi connectivity index (χ3v) is 6.88. The van der Waals surface area contributed by atoms with Gasteiger partial charge in [-0.15, -0.1) is 0 Å². The van der Waals surface area contributed by atoms with E-state index in [9.17, 15) is 34.5 Å². The minimum absolute atomic E-state index is 0.0284. The Kier molecular flexibility index (Phi) is 11.7. The van der Waals surface area contributed by atoms with Crippen molar-refractivity contribution in [1.29, 1.82) is 0 Å². The average molecular weight is 591 g/mol. The number of aliphatic carboxylic acids is 1. The molecule has 3 aromatic carbocycles. The number of rotatable bonds is 14. The zero-order valence-electron chi connectivity index (χ0n) is 24.1. The fraction of sp³-hybridized carbons (Fsp3) is 0.312. The predicted molar refractivity (Wildman–Crippen MR) is 160 cm³/mol. The van der Waals surface area contributed by atoms with Crippen LogP contribution in [0.15, 0.2) is 78.9 Å². The number of carbonyl (C=O) groups is 4. The molecule has 0 aliphatic carbocycles. The lowest BCUT2D eigenvalue weighted by Gasteiger charge is -2.27. The standard InChI is InChI=1S/C32H38N4O7/c1-19(2)28(31(41)35-27(32(42)43)18-22-10-14-24(38)15-11-22)36-30(40)26(17-20-6-4-3-5-7-20)34-29(39)25(33)16-21-8-12-23(37)13-9-21/h3-15,19,25-28,37-38H,16-18,33H2,1-2H3,(H,34,39)(H,35,41)(H,36,40)(H,42,43). The van der Waals surface area contributed by atoms with Gasteiger partial charge in [0.1, 0.15) is 29.6 Å². The lowest BCUT2D eigenvalue weighted by molar-refractivity contribution is -0.142. The van der Waals surface area contributed by atoms with Gasteiger partial charge in [0.05, 0.1) is 6.04 Å². The molecule has 0 bridgehead atoms. The number of phenolic OH excluding ortho intramolecular Hbond substituents is 2. The number of amides is 3. The fourth-order valence-corrected chi connectivity index (χ4v) is 4.43. The summed E-state index contributed by atoms with van der Waals surface area (Å²) < 4.78 is 0. The van der Waals surface area contributed by atoms with Crippen molar-refractivity contribution in [2.45, 2.75) is 57.3 Å². The first kappa shape index (κ1) is 32.6. The molecule has 4 atom stereocenters. The van der Waals surface area contributed by atoms with Crippen LogP contribution in [0.3, 0.4) is 0 Å². The first-order valence-corrected chi connectivity index (χ1v) is 13.9. The number of nitrogens with two attached hydrogens (primary N) is 1. The molecule has 11 nitrogen and oxygen atoms in total. The first-order chi connectivity index (χ1) is 20.4. The third-order valence-electron chi connectivity index (χ3n) is 6.88. The number of hydrogen-bond donors (Lipinski definition) is 7. The highest BCUT2D eigenvalue weighted by atomic mass is 16.4. The van der Waals surface area contributed by atoms with E-state index in [1.807, 2.05) is 6.07 Å². The van der Waals surface area contributed by atoms with E-state index >= 15 is 0 Å². The summed E-state index contributed by atoms with van der Waals surface area (Å²) in [4.78, 5) is 51.8. The quantitative estimate of drug-likeness (QED) is 0.147. The molecule has 228 valence electrons. The number of benzene rings is 3. The van der Waals surface area contributed by atoms with Gasteiger partial charge in [-0.2, -0.15) is 0 Å². The molecule has 3 aromatic rings. The van der Waals surface area contributed by atoms with Crippen molar-refractivity contribution < 1.29 is 34.5 Å². The van der Waals surface area contributed by atoms with Gasteiger partial charge in [0.25, 0.3) is 0 Å². The van der Waals surface area contributed by atoms with Gasteiger partial charge in [0, 0.05) is 12.8 Å². The van der Waals surface area contributed by atoms with E-state index < -0.39 is 53.8 Å². The van der Waals surface area contributed by atoms with Crippen molar-refractivity contribution in [3.05, 3.63) is 95.6 Å². The molecule has 0 saturated heterocycles. The zero-order chi connectivity index (χ0) is 31.5. The van der Waals surface area contributed by atoms with Crippen molar-refractivity contribution in [1.82, 2.24) is 16.0 Å². The van der Waals surface area contributed by atoms with Gasteiger partial charge in [-0.05, 0) is 53.3 Å². The third kappa shape index (κ3) is 10.2. The molecule has 0 fully saturated rings. The molecule has 0 spiro atoms. The van der Waals surface area contributed by atoms with E-state index in [0.29, 0.717) is 5.56 Å². The molecule has 0 radical (unpaired) electrons. The minimum atomic E-state index is -1.28. The number of aromatic hydroxyl groups is 2. The normalized spacial score (nSPS) is 13.8. The molecule has 3 amide bonds. The SMILES string of the molecule is CC(C)C(NC(=O)C(Cc1ccccc1)NC(=O)C(N)Cc1ccc(O)cc1)C(=O)NC(Cc1ccc(O)cc1)C(=O)O. The van der Waals surface area contributed by atoms with Gasteiger partial charge in [-0.3, -0.25) is 14.4 Å². The van der Waals surface area contributed by atoms with E-state index in [0.717, 1.165) is 11.1 Å². The Morgan fingerprint density at radius 2 is 1.09 bits per heavy atom. The number of phenols is 2. The second kappa shape index (κ2) is 15.4. The highest BCUT2D eigenvalue weighted by Gasteiger charge is 2.32. The second-order valence-electron chi connectivity index (χ2n) is 10.7. The smallest absolute Gasteiger partial charge is 0.326 e. The molecule has 3 rings (SSSR count). The molecule has 11 heteroatoms. The topological polar surface area (TPSA) is 191 Å². The molecule has 0 heterocycles. The van der Waals surface area contributed by atoms with E-state index in [1.165, 1.54) is 24.3 Å². The van der Waals surface area contributed by atoms with E-state index in [-0.39, 0.29) is 30.8 Å². The Labute approximate surface area is 250 Å². The van der Waals surface area contributed by atoms with Crippen molar-refractivity contribution >= 4 is 23.7 Å². The van der Waals surface area contributed by atoms with Crippen LogP contribution in [0, 0.1) is 5.92 Å². The van der Waals surface area contributed by atoms with Crippen molar-refractivity contribution in [2.75, 3.05) is 0 Å². The second-order valence-corrected chi connectivity index (χ2v) is 10.7. The molecule has 8 N–H and O–H groups in total. The molecule has 0 aliphatic rings. The van der Waals surface area contributed by atoms with Crippen molar-refractivity contribution in [3.8, 4) is 11.5 Å². The Morgan fingerprint density at radius 1 is 0.628 bits per heavy atom. The number of hydrogen-bond acceptors (Lipinski definition) is 7. The Balaban J connectivity index is 1.73. The van der Waals surface area contributed by atoms with Gasteiger partial charge in [-0.1, -0.05) is 68.4 Å². The molecule has 0 saturated carbocycles. The number of carboxylic acid groups (broad SMARTS) is 1. The maximum Gasteiger partial charge on any atom is 0.326 e. The van der Waals surface area contributed by atoms with Crippen LogP contribution >= 0.6 is 0 Å². The van der Waals surface area contributed by atoms with Gasteiger partial charge in [0.15, 0.2) is 0 Å². The minimum Gasteiger partial charge on any atom is -0.508 e. The van der Waals surface area contributed by atoms with Gasteiger partial charge < -0.3 is 37.0 Å². The van der Waals surface area contributed by atoms with Gasteiger partial charge >= 0.3 is 5.97 Å². The Morgan fingerprint density at radius 3 is 1.60 bits per heavy atom. The lowest BCUT2D eigenvalue weighted by Crippen LogP contribution is -2.59. The van der Waals surface area contributed by atoms with Gasteiger partial charge in [0.2, 0.25) is 17.7 Å². The van der Waals surface area contributed by atoms with Crippen molar-refractivity contribution in [3.63, 3.8) is 0 Å². The summed E-state index contributed by atoms with van der Waals surface area (Å²) in [6.45, 7) is 3.41. The highest BCUT2D eigenvalue weighted by molar-refractivity contribution is 5.94. The fourth-order valence-electron chi connectivity index (χ4n) is 4.43. The maximum atomic E-state index is 13.5. The lowest BCUT2D eigenvalue weighted by atomic mass is 9.99. The number of carboxylic acids is 1. The molecule has 43 heavy (non-hydrogen) atoms. The van der Waals surface area contributed by atoms with Gasteiger partial charge in [-0.25, -0.2) is 4.79 Å². The van der Waals surface area contributed by atoms with E-state index in [1.54, 1.807) is 62.4 Å². The zero-order valence-corrected chi connectivity index (χ0v) is 24.1. The first-order valence-electron chi connectivity index (χ1n) is 13.9. The van der Waals surface area contributed by atoms with Crippen LogP contribution in [0.25, 0.3) is 0 Å². The van der Waals surface area contributed by atoms with E-state index in [4.69, 9.17) is 5.73 Å². The van der Waals surface area contributed by atoms with Crippen LogP contribution < -0.4 is 21.7 Å². The van der Waals surface area contributed by atoms with Crippen LogP contribution in [0.5, 0.6) is 11.5 Å². The average Bonchev–Trinajstić information content (AvgIpc) is 2.97. The monoisotopic (exact) mass is 590 g/mol. The number of carbonyl (C=O) groups excluding carboxylic acids is 3. The summed E-state index contributed by atoms with van der Waals surface area (Å²) in [6.07, 6.45) is 0.252. The molecular formula is C32H38N4O7. The Hall–Kier alpha value is -4.90. The summed E-state index contributed by atoms with van der Waals surface area (Å²) in [7, 11) is 0. The molecule has 0 aliphatic heterocycles. The van der Waals surface area contributed by atoms with Crippen molar-refractivity contribution in [2.24, 2.45) is 11.7 Å². The summed E-state index contributed by atoms with van der Waals surface area (Å²) in [5, 5.41) is 36.6. The molecule has 0 aromatic heterocycles. The Bertz CT molecular complexity index is 1380. The highest BCUT2D eigenvalue weighted by Crippen LogP contribution is 2.14. The summed E-state index contributed by atoms with van der Waals surface area (Å²) >= 11 is 0. The van der Waals surface area contributed by atoms with Crippen LogP contribution in [-0.2, 0) is 38.4 Å². The summed E-state index contributed by atoms with van der Waals surface area (Å²) in [5.41, 5.74) is 8.22. The molecule has 4 unspecified atom stereocenters. The van der Waals surface area contributed by atoms with Crippen LogP contribution in [-0.4, -0.2) is 63.2 Å². The van der Waals surface area contributed by atoms with E-state index in [2.05, 4.69) is 16.0 Å². The van der Waals surface area contributed by atoms with Crippen LogP contribution in [0.2, 0.25) is 0 Å². The largest absolute Gasteiger partial charge is 0.508 e. The molecular weight excluding hydrogens is 552 g/mol. The number of nitrogens with one attached hydrogen (secondary N) is 3. The predicted octanol–water partition coefficient (Wildman–Crippen LogP) is 1.65. The maximum absolute atomic E-state index is 13.5.